The molecule has 0 unspecified atom stereocenters. The molecule has 0 atom stereocenters. The normalized spacial score (nSPS) is 14.1. The molecule has 1 aliphatic rings. The molecule has 0 spiro atoms. The zero-order valence-corrected chi connectivity index (χ0v) is 7.87. The molecule has 0 fully saturated rings. The van der Waals surface area contributed by atoms with Crippen LogP contribution in [0.1, 0.15) is 15.9 Å². The zero-order valence-electron chi connectivity index (χ0n) is 7.87. The molecule has 0 saturated heterocycles. The van der Waals surface area contributed by atoms with Crippen molar-refractivity contribution >= 4 is 22.5 Å². The van der Waals surface area contributed by atoms with Gasteiger partial charge < -0.3 is 5.32 Å². The van der Waals surface area contributed by atoms with Crippen molar-refractivity contribution in [3.63, 3.8) is 0 Å². The van der Waals surface area contributed by atoms with E-state index in [4.69, 9.17) is 5.41 Å². The summed E-state index contributed by atoms with van der Waals surface area (Å²) in [4.78, 5) is 11.6. The molecule has 3 rings (SSSR count). The molecule has 2 N–H and O–H groups in total. The Kier molecular flexibility index (Phi) is 1.45. The average molecular weight is 196 g/mol. The van der Waals surface area contributed by atoms with Gasteiger partial charge in [-0.1, -0.05) is 30.3 Å². The summed E-state index contributed by atoms with van der Waals surface area (Å²) < 4.78 is 0. The van der Waals surface area contributed by atoms with Gasteiger partial charge >= 0.3 is 0 Å². The number of fused-ring (bicyclic) bond motifs is 3. The number of hydrogen-bond acceptors (Lipinski definition) is 2. The molecule has 3 nitrogen and oxygen atoms in total. The molecule has 72 valence electrons. The number of benzene rings is 2. The van der Waals surface area contributed by atoms with Crippen molar-refractivity contribution in [1.82, 2.24) is 5.32 Å². The van der Waals surface area contributed by atoms with Crippen LogP contribution in [0.25, 0.3) is 10.8 Å². The van der Waals surface area contributed by atoms with Crippen molar-refractivity contribution in [2.45, 2.75) is 0 Å². The van der Waals surface area contributed by atoms with Crippen LogP contribution in [0.5, 0.6) is 0 Å². The molecule has 0 bridgehead atoms. The number of carbonyl (C=O) groups is 1. The van der Waals surface area contributed by atoms with Gasteiger partial charge in [-0.3, -0.25) is 10.2 Å². The van der Waals surface area contributed by atoms with E-state index in [-0.39, 0.29) is 11.7 Å². The van der Waals surface area contributed by atoms with Gasteiger partial charge in [0.15, 0.2) is 0 Å². The van der Waals surface area contributed by atoms with E-state index < -0.39 is 0 Å². The fourth-order valence-electron chi connectivity index (χ4n) is 1.97. The Balaban J connectivity index is 2.49. The first-order valence-electron chi connectivity index (χ1n) is 4.69. The standard InChI is InChI=1S/C12H8N2O/c13-11-9-6-5-7-3-1-2-4-8(7)10(9)12(15)14-11/h1-6H,(H2,13,14,15). The molecular weight excluding hydrogens is 188 g/mol. The zero-order chi connectivity index (χ0) is 10.4. The summed E-state index contributed by atoms with van der Waals surface area (Å²) in [7, 11) is 0. The van der Waals surface area contributed by atoms with E-state index in [2.05, 4.69) is 5.32 Å². The highest BCUT2D eigenvalue weighted by atomic mass is 16.2. The highest BCUT2D eigenvalue weighted by Crippen LogP contribution is 2.25. The Labute approximate surface area is 86.2 Å². The van der Waals surface area contributed by atoms with Gasteiger partial charge in [0.2, 0.25) is 0 Å². The maximum atomic E-state index is 11.6. The molecule has 0 aliphatic carbocycles. The number of amidine groups is 1. The van der Waals surface area contributed by atoms with Crippen LogP contribution in [0.15, 0.2) is 36.4 Å². The lowest BCUT2D eigenvalue weighted by Gasteiger charge is -2.01. The molecule has 0 aromatic heterocycles. The minimum atomic E-state index is -0.174. The van der Waals surface area contributed by atoms with E-state index in [1.54, 1.807) is 0 Å². The number of hydrogen-bond donors (Lipinski definition) is 2. The van der Waals surface area contributed by atoms with Gasteiger partial charge in [0.25, 0.3) is 5.91 Å². The molecule has 3 heteroatoms. The molecule has 2 aromatic rings. The van der Waals surface area contributed by atoms with Gasteiger partial charge in [-0.25, -0.2) is 0 Å². The van der Waals surface area contributed by atoms with Gasteiger partial charge in [-0.05, 0) is 16.8 Å². The van der Waals surface area contributed by atoms with Gasteiger partial charge in [0.1, 0.15) is 5.84 Å². The van der Waals surface area contributed by atoms with Crippen molar-refractivity contribution in [1.29, 1.82) is 5.41 Å². The van der Waals surface area contributed by atoms with Crippen molar-refractivity contribution in [3.8, 4) is 0 Å². The second-order valence-electron chi connectivity index (χ2n) is 3.54. The molecule has 0 radical (unpaired) electrons. The van der Waals surface area contributed by atoms with Crippen molar-refractivity contribution in [3.05, 3.63) is 47.5 Å². The number of amides is 1. The quantitative estimate of drug-likeness (QED) is 0.664. The highest BCUT2D eigenvalue weighted by molar-refractivity contribution is 6.27. The number of rotatable bonds is 0. The summed E-state index contributed by atoms with van der Waals surface area (Å²) in [6.45, 7) is 0. The second kappa shape index (κ2) is 2.67. The highest BCUT2D eigenvalue weighted by Gasteiger charge is 2.25. The van der Waals surface area contributed by atoms with Crippen molar-refractivity contribution < 1.29 is 4.79 Å². The molecule has 1 aliphatic heterocycles. The smallest absolute Gasteiger partial charge is 0.258 e. The molecule has 15 heavy (non-hydrogen) atoms. The van der Waals surface area contributed by atoms with Crippen LogP contribution in [0.2, 0.25) is 0 Å². The van der Waals surface area contributed by atoms with Crippen molar-refractivity contribution in [2.24, 2.45) is 0 Å². The maximum Gasteiger partial charge on any atom is 0.258 e. The fraction of sp³-hybridized carbons (Fsp3) is 0. The third-order valence-corrected chi connectivity index (χ3v) is 2.66. The molecule has 2 aromatic carbocycles. The SMILES string of the molecule is N=C1NC(=O)c2c1ccc1ccccc21. The summed E-state index contributed by atoms with van der Waals surface area (Å²) in [5.41, 5.74) is 1.32. The van der Waals surface area contributed by atoms with E-state index in [1.807, 2.05) is 36.4 Å². The third kappa shape index (κ3) is 1.00. The number of nitrogens with one attached hydrogen (secondary N) is 2. The minimum absolute atomic E-state index is 0.174. The van der Waals surface area contributed by atoms with Crippen molar-refractivity contribution in [2.75, 3.05) is 0 Å². The molecular formula is C12H8N2O. The Bertz CT molecular complexity index is 602. The monoisotopic (exact) mass is 196 g/mol. The van der Waals surface area contributed by atoms with Gasteiger partial charge in [-0.15, -0.1) is 0 Å². The van der Waals surface area contributed by atoms with Gasteiger partial charge in [-0.2, -0.15) is 0 Å². The molecule has 0 saturated carbocycles. The Morgan fingerprint density at radius 2 is 1.87 bits per heavy atom. The molecule has 1 heterocycles. The van der Waals surface area contributed by atoms with Crippen LogP contribution in [-0.4, -0.2) is 11.7 Å². The van der Waals surface area contributed by atoms with Crippen LogP contribution in [0.4, 0.5) is 0 Å². The first-order valence-corrected chi connectivity index (χ1v) is 4.69. The largest absolute Gasteiger partial charge is 0.306 e. The van der Waals surface area contributed by atoms with E-state index >= 15 is 0 Å². The summed E-state index contributed by atoms with van der Waals surface area (Å²) in [6.07, 6.45) is 0. The van der Waals surface area contributed by atoms with Crippen LogP contribution in [-0.2, 0) is 0 Å². The van der Waals surface area contributed by atoms with E-state index in [1.165, 1.54) is 0 Å². The lowest BCUT2D eigenvalue weighted by Crippen LogP contribution is -2.20. The predicted octanol–water partition coefficient (Wildman–Crippen LogP) is 1.91. The maximum absolute atomic E-state index is 11.6. The molecule has 1 amide bonds. The van der Waals surface area contributed by atoms with Crippen LogP contribution >= 0.6 is 0 Å². The Morgan fingerprint density at radius 1 is 1.07 bits per heavy atom. The Morgan fingerprint density at radius 3 is 2.73 bits per heavy atom. The summed E-state index contributed by atoms with van der Waals surface area (Å²) in [6, 6.07) is 11.5. The Hall–Kier alpha value is -2.16. The first-order chi connectivity index (χ1) is 7.27. The van der Waals surface area contributed by atoms with Crippen LogP contribution in [0, 0.1) is 5.41 Å². The first kappa shape index (κ1) is 8.17. The van der Waals surface area contributed by atoms with Crippen LogP contribution < -0.4 is 5.32 Å². The fourth-order valence-corrected chi connectivity index (χ4v) is 1.97. The minimum Gasteiger partial charge on any atom is -0.306 e. The summed E-state index contributed by atoms with van der Waals surface area (Å²) >= 11 is 0. The summed E-state index contributed by atoms with van der Waals surface area (Å²) in [5, 5.41) is 12.1. The third-order valence-electron chi connectivity index (χ3n) is 2.66. The van der Waals surface area contributed by atoms with Gasteiger partial charge in [0.05, 0.1) is 5.56 Å². The van der Waals surface area contributed by atoms with Crippen LogP contribution in [0.3, 0.4) is 0 Å². The number of carbonyl (C=O) groups excluding carboxylic acids is 1. The predicted molar refractivity (Wildman–Crippen MR) is 58.2 cm³/mol. The average Bonchev–Trinajstić information content (AvgIpc) is 2.55. The topological polar surface area (TPSA) is 53.0 Å². The van der Waals surface area contributed by atoms with E-state index in [0.717, 1.165) is 10.8 Å². The second-order valence-corrected chi connectivity index (χ2v) is 3.54. The lowest BCUT2D eigenvalue weighted by atomic mass is 10.0. The van der Waals surface area contributed by atoms with E-state index in [0.29, 0.717) is 11.1 Å². The van der Waals surface area contributed by atoms with E-state index in [9.17, 15) is 4.79 Å². The lowest BCUT2D eigenvalue weighted by molar-refractivity contribution is 0.0984. The summed E-state index contributed by atoms with van der Waals surface area (Å²) in [5.74, 6) is 0.0209. The van der Waals surface area contributed by atoms with Gasteiger partial charge in [0, 0.05) is 5.56 Å².